The third-order valence-corrected chi connectivity index (χ3v) is 24.0. The van der Waals surface area contributed by atoms with Crippen molar-refractivity contribution in [3.8, 4) is 0 Å². The molecule has 0 unspecified atom stereocenters. The zero-order valence-electron chi connectivity index (χ0n) is 44.4. The van der Waals surface area contributed by atoms with Gasteiger partial charge < -0.3 is 38.5 Å². The summed E-state index contributed by atoms with van der Waals surface area (Å²) in [5, 5.41) is 29.6. The summed E-state index contributed by atoms with van der Waals surface area (Å²) in [6.07, 6.45) is 16.9. The number of allylic oxidation sites excluding steroid dienone is 1. The van der Waals surface area contributed by atoms with Crippen molar-refractivity contribution in [3.63, 3.8) is 0 Å². The molecule has 5 saturated heterocycles. The van der Waals surface area contributed by atoms with E-state index in [1.54, 1.807) is 6.26 Å². The molecule has 14 rings (SSSR count). The lowest BCUT2D eigenvalue weighted by Crippen LogP contribution is -2.80. The molecule has 11 fully saturated rings. The van der Waals surface area contributed by atoms with Gasteiger partial charge in [-0.15, -0.1) is 0 Å². The van der Waals surface area contributed by atoms with Crippen LogP contribution < -0.4 is 5.32 Å². The number of aliphatic hydroxyl groups excluding tert-OH is 2. The van der Waals surface area contributed by atoms with E-state index in [4.69, 9.17) is 23.4 Å². The Hall–Kier alpha value is -3.55. The van der Waals surface area contributed by atoms with E-state index < -0.39 is 75.3 Å². The maximum Gasteiger partial charge on any atom is 0.339 e. The van der Waals surface area contributed by atoms with Crippen LogP contribution in [0.1, 0.15) is 153 Å². The van der Waals surface area contributed by atoms with Gasteiger partial charge in [-0.05, 0) is 161 Å². The molecule has 1 aromatic carbocycles. The number of ether oxygens (including phenoxy) is 4. The van der Waals surface area contributed by atoms with Crippen LogP contribution in [0, 0.1) is 80.8 Å². The minimum Gasteiger partial charge on any atom is -0.469 e. The van der Waals surface area contributed by atoms with E-state index in [1.165, 1.54) is 12.0 Å². The largest absolute Gasteiger partial charge is 0.469 e. The Bertz CT molecular complexity index is 2570. The quantitative estimate of drug-likeness (QED) is 0.162. The highest BCUT2D eigenvalue weighted by Crippen LogP contribution is 2.84. The van der Waals surface area contributed by atoms with Crippen LogP contribution in [0.3, 0.4) is 0 Å². The summed E-state index contributed by atoms with van der Waals surface area (Å²) in [6, 6.07) is 13.2. The fraction of sp³-hybridized carbons (Fsp3) is 0.758. The molecular weight excluding hydrogens is 933 g/mol. The monoisotopic (exact) mass is 1010 g/mol. The number of nitrogens with one attached hydrogen (secondary N) is 1. The molecule has 1 aromatic heterocycles. The SMILES string of the molecule is CC(C)CC[C@]1(C)O[C@H]2C3(CCCC3)C(=O)OC[C@]23[C@H]2CC[C@@]4(C)[C@H](c5ccoc5C[C@H]5[C@H]6C[C@H]7C=CN8CNC[C@H]8[C@@H]7C[C@H]6CC[C@H]5O)OC(=O)[C@H]5O[C@]54[C@]2([C@H]2CCC[C@@H](Cc4ccccc4)C2)[C@H](O)C(=O)[C@@H]31. The average Bonchev–Trinajstić information content (AvgIpc) is 4.08. The number of carbonyl (C=O) groups is 3. The molecule has 0 amide bonds. The number of hydrogen-bond acceptors (Lipinski definition) is 12. The summed E-state index contributed by atoms with van der Waals surface area (Å²) in [5.41, 5.74) is -4.07. The number of epoxide rings is 1. The van der Waals surface area contributed by atoms with E-state index in [2.05, 4.69) is 80.5 Å². The lowest BCUT2D eigenvalue weighted by atomic mass is 9.32. The summed E-state index contributed by atoms with van der Waals surface area (Å²) < 4.78 is 35.0. The van der Waals surface area contributed by atoms with Gasteiger partial charge in [-0.25, -0.2) is 4.79 Å². The van der Waals surface area contributed by atoms with Crippen molar-refractivity contribution in [2.24, 2.45) is 80.8 Å². The molecule has 74 heavy (non-hydrogen) atoms. The summed E-state index contributed by atoms with van der Waals surface area (Å²) >= 11 is 0. The number of fused-ring (bicyclic) bond motifs is 6. The molecule has 0 radical (unpaired) electrons. The maximum absolute atomic E-state index is 16.5. The topological polar surface area (TPSA) is 160 Å². The molecule has 2 aromatic rings. The second-order valence-electron chi connectivity index (χ2n) is 27.5. The van der Waals surface area contributed by atoms with Gasteiger partial charge in [0, 0.05) is 40.8 Å². The maximum atomic E-state index is 16.5. The first-order chi connectivity index (χ1) is 35.7. The summed E-state index contributed by atoms with van der Waals surface area (Å²) in [5.74, 6) is 1.19. The molecule has 400 valence electrons. The van der Waals surface area contributed by atoms with E-state index in [0.717, 1.165) is 95.2 Å². The number of esters is 2. The van der Waals surface area contributed by atoms with Gasteiger partial charge in [-0.2, -0.15) is 0 Å². The van der Waals surface area contributed by atoms with Crippen LogP contribution in [0.15, 0.2) is 59.4 Å². The van der Waals surface area contributed by atoms with Crippen molar-refractivity contribution in [1.29, 1.82) is 0 Å². The molecule has 6 aliphatic carbocycles. The van der Waals surface area contributed by atoms with E-state index in [1.807, 2.05) is 6.07 Å². The molecule has 12 heteroatoms. The van der Waals surface area contributed by atoms with E-state index in [-0.39, 0.29) is 42.0 Å². The molecule has 20 atom stereocenters. The summed E-state index contributed by atoms with van der Waals surface area (Å²) in [6.45, 7) is 10.7. The van der Waals surface area contributed by atoms with Gasteiger partial charge in [0.05, 0.1) is 42.1 Å². The molecular formula is C62H82N2O10. The minimum atomic E-state index is -1.45. The lowest BCUT2D eigenvalue weighted by molar-refractivity contribution is -0.285. The third kappa shape index (κ3) is 6.47. The van der Waals surface area contributed by atoms with E-state index in [0.29, 0.717) is 74.2 Å². The number of carbonyl (C=O) groups excluding carboxylic acids is 3. The fourth-order valence-corrected chi connectivity index (χ4v) is 21.1. The molecule has 3 N–H and O–H groups in total. The van der Waals surface area contributed by atoms with Gasteiger partial charge in [0.25, 0.3) is 0 Å². The summed E-state index contributed by atoms with van der Waals surface area (Å²) in [7, 11) is 0. The number of Topliss-reactive ketones (excluding diaryl/α,β-unsaturated/α-hetero) is 1. The Morgan fingerprint density at radius 3 is 2.50 bits per heavy atom. The first kappa shape index (κ1) is 48.8. The zero-order valence-corrected chi connectivity index (χ0v) is 44.4. The van der Waals surface area contributed by atoms with Crippen LogP contribution in [-0.2, 0) is 46.2 Å². The van der Waals surface area contributed by atoms with Crippen molar-refractivity contribution in [2.75, 3.05) is 19.8 Å². The van der Waals surface area contributed by atoms with Crippen molar-refractivity contribution < 1.29 is 48.0 Å². The number of rotatable bonds is 9. The Labute approximate surface area is 437 Å². The normalized spacial score (nSPS) is 48.4. The molecule has 12 aliphatic rings. The number of cyclic esters (lactones) is 2. The number of aliphatic hydroxyl groups is 2. The van der Waals surface area contributed by atoms with Gasteiger partial charge in [0.1, 0.15) is 30.2 Å². The molecule has 7 heterocycles. The molecule has 12 nitrogen and oxygen atoms in total. The Kier molecular flexibility index (Phi) is 11.4. The van der Waals surface area contributed by atoms with Gasteiger partial charge in [-0.1, -0.05) is 82.9 Å². The van der Waals surface area contributed by atoms with Crippen LogP contribution >= 0.6 is 0 Å². The fourth-order valence-electron chi connectivity index (χ4n) is 21.1. The standard InChI is InChI=1S/C62H82N2O10/c1-35(2)17-24-58(4)50-49(66)51(67)61(40-14-10-13-37(28-40)27-36-11-6-5-7-12-36)48(60(50)33-71-56(69)59(55(60)74-58)21-8-9-22-59)18-23-57(3)52(72-54(68)53-62(57,61)73-53)41-20-26-70-47(41)31-44-42-29-39-19-25-64-34-63-32-45(64)43(39)30-38(42)15-16-46(44)65/h5-7,11-12,19-20,25-26,35,37-40,42-46,48,50-53,55,63,65,67H,8-10,13-18,21-24,27-34H2,1-4H3/t37-,38+,39+,40-,42-,43+,44-,45-,46+,48+,50+,51+,52-,53+,55-,57-,58-,60+,61-,62+/m0/s1. The first-order valence-corrected chi connectivity index (χ1v) is 29.6. The average molecular weight is 1020 g/mol. The van der Waals surface area contributed by atoms with Crippen LogP contribution in [0.4, 0.5) is 0 Å². The highest BCUT2D eigenvalue weighted by Gasteiger charge is 2.94. The highest BCUT2D eigenvalue weighted by molar-refractivity contribution is 5.93. The first-order valence-electron chi connectivity index (χ1n) is 29.6. The van der Waals surface area contributed by atoms with Crippen molar-refractivity contribution in [2.45, 2.75) is 191 Å². The Balaban J connectivity index is 0.885. The smallest absolute Gasteiger partial charge is 0.339 e. The second kappa shape index (κ2) is 17.2. The predicted octanol–water partition coefficient (Wildman–Crippen LogP) is 9.05. The van der Waals surface area contributed by atoms with Crippen LogP contribution in [-0.4, -0.2) is 94.3 Å². The minimum absolute atomic E-state index is 0.0142. The van der Waals surface area contributed by atoms with Crippen LogP contribution in [0.5, 0.6) is 0 Å². The van der Waals surface area contributed by atoms with Crippen molar-refractivity contribution >= 4 is 17.7 Å². The van der Waals surface area contributed by atoms with Gasteiger partial charge >= 0.3 is 11.9 Å². The van der Waals surface area contributed by atoms with E-state index in [9.17, 15) is 15.0 Å². The van der Waals surface area contributed by atoms with Gasteiger partial charge in [-0.3, -0.25) is 14.9 Å². The Morgan fingerprint density at radius 1 is 0.865 bits per heavy atom. The van der Waals surface area contributed by atoms with Crippen LogP contribution in [0.25, 0.3) is 0 Å². The number of hydrogen-bond donors (Lipinski definition) is 3. The number of benzene rings is 1. The number of ketones is 1. The lowest BCUT2D eigenvalue weighted by Gasteiger charge is -2.70. The highest BCUT2D eigenvalue weighted by atomic mass is 16.7. The van der Waals surface area contributed by atoms with Crippen molar-refractivity contribution in [3.05, 3.63) is 71.8 Å². The molecule has 6 saturated carbocycles. The van der Waals surface area contributed by atoms with Gasteiger partial charge in [0.2, 0.25) is 0 Å². The molecule has 0 bridgehead atoms. The third-order valence-electron chi connectivity index (χ3n) is 24.0. The van der Waals surface area contributed by atoms with Crippen LogP contribution in [0.2, 0.25) is 0 Å². The number of nitrogens with zero attached hydrogens (tertiary/aromatic N) is 1. The van der Waals surface area contributed by atoms with E-state index >= 15 is 9.59 Å². The zero-order chi connectivity index (χ0) is 50.7. The predicted molar refractivity (Wildman–Crippen MR) is 273 cm³/mol. The van der Waals surface area contributed by atoms with Crippen molar-refractivity contribution in [1.82, 2.24) is 10.2 Å². The molecule has 6 aliphatic heterocycles. The number of furan rings is 1. The van der Waals surface area contributed by atoms with Gasteiger partial charge in [0.15, 0.2) is 11.9 Å². The summed E-state index contributed by atoms with van der Waals surface area (Å²) in [4.78, 5) is 48.8. The Morgan fingerprint density at radius 2 is 1.69 bits per heavy atom. The molecule has 3 spiro atoms. The second-order valence-corrected chi connectivity index (χ2v) is 27.5.